The maximum absolute atomic E-state index is 11.5. The number of aryl methyl sites for hydroxylation is 2. The first-order valence-corrected chi connectivity index (χ1v) is 7.06. The van der Waals surface area contributed by atoms with Gasteiger partial charge in [0.15, 0.2) is 5.78 Å². The second-order valence-electron chi connectivity index (χ2n) is 4.90. The predicted octanol–water partition coefficient (Wildman–Crippen LogP) is 3.36. The summed E-state index contributed by atoms with van der Waals surface area (Å²) in [5.41, 5.74) is 4.26. The lowest BCUT2D eigenvalue weighted by Crippen LogP contribution is -2.04. The van der Waals surface area contributed by atoms with Crippen LogP contribution in [0.3, 0.4) is 0 Å². The number of ketones is 1. The Balaban J connectivity index is 1.77. The first kappa shape index (κ1) is 14.3. The third-order valence-corrected chi connectivity index (χ3v) is 3.41. The molecule has 0 aliphatic heterocycles. The number of aromatic nitrogens is 2. The van der Waals surface area contributed by atoms with Gasteiger partial charge in [-0.3, -0.25) is 9.89 Å². The first-order chi connectivity index (χ1) is 9.70. The molecule has 0 unspecified atom stereocenters. The molecule has 2 aromatic rings. The maximum atomic E-state index is 11.5. The van der Waals surface area contributed by atoms with E-state index in [1.54, 1.807) is 0 Å². The number of nitrogens with zero attached hydrogens (tertiary/aromatic N) is 1. The van der Waals surface area contributed by atoms with Crippen LogP contribution < -0.4 is 5.32 Å². The summed E-state index contributed by atoms with van der Waals surface area (Å²) in [5.74, 6) is 0.187. The summed E-state index contributed by atoms with van der Waals surface area (Å²) in [6, 6.07) is 7.70. The number of H-pyrrole nitrogens is 1. The van der Waals surface area contributed by atoms with Crippen molar-refractivity contribution in [3.8, 4) is 0 Å². The van der Waals surface area contributed by atoms with Crippen LogP contribution in [0.25, 0.3) is 0 Å². The number of Topliss-reactive ketones (excluding diaryl/α,β-unsaturated/α-hetero) is 1. The van der Waals surface area contributed by atoms with Crippen LogP contribution in [0.2, 0.25) is 0 Å². The Bertz CT molecular complexity index is 557. The quantitative estimate of drug-likeness (QED) is 0.599. The summed E-state index contributed by atoms with van der Waals surface area (Å²) in [4.78, 5) is 11.5. The number of nitrogens with one attached hydrogen (secondary N) is 2. The van der Waals surface area contributed by atoms with Gasteiger partial charge in [0.05, 0.1) is 6.20 Å². The summed E-state index contributed by atoms with van der Waals surface area (Å²) < 4.78 is 0. The Kier molecular flexibility index (Phi) is 4.93. The van der Waals surface area contributed by atoms with E-state index < -0.39 is 0 Å². The number of rotatable bonds is 7. The molecule has 0 bridgehead atoms. The second-order valence-corrected chi connectivity index (χ2v) is 4.90. The summed E-state index contributed by atoms with van der Waals surface area (Å²) in [7, 11) is 0. The van der Waals surface area contributed by atoms with Crippen molar-refractivity contribution >= 4 is 11.5 Å². The number of carbonyl (C=O) groups is 1. The lowest BCUT2D eigenvalue weighted by atomic mass is 10.1. The standard InChI is InChI=1S/C16H21N3O/c1-3-16(20)13-6-8-15(9-7-13)17-10-4-5-14-11-18-19-12(14)2/h6-9,11,17H,3-5,10H2,1-2H3,(H,18,19). The minimum Gasteiger partial charge on any atom is -0.385 e. The molecule has 4 nitrogen and oxygen atoms in total. The van der Waals surface area contributed by atoms with Gasteiger partial charge in [-0.2, -0.15) is 5.10 Å². The molecule has 1 aromatic heterocycles. The molecule has 0 saturated carbocycles. The van der Waals surface area contributed by atoms with E-state index in [-0.39, 0.29) is 5.78 Å². The third kappa shape index (κ3) is 3.70. The number of anilines is 1. The Hall–Kier alpha value is -2.10. The zero-order valence-corrected chi connectivity index (χ0v) is 12.1. The second kappa shape index (κ2) is 6.89. The number of hydrogen-bond acceptors (Lipinski definition) is 3. The zero-order valence-electron chi connectivity index (χ0n) is 12.1. The van der Waals surface area contributed by atoms with E-state index in [1.807, 2.05) is 44.3 Å². The molecule has 0 radical (unpaired) electrons. The van der Waals surface area contributed by atoms with E-state index in [0.717, 1.165) is 36.3 Å². The van der Waals surface area contributed by atoms with Gasteiger partial charge in [-0.05, 0) is 49.6 Å². The molecule has 0 atom stereocenters. The van der Waals surface area contributed by atoms with E-state index in [9.17, 15) is 4.79 Å². The van der Waals surface area contributed by atoms with Gasteiger partial charge in [0.1, 0.15) is 0 Å². The van der Waals surface area contributed by atoms with Crippen LogP contribution in [-0.2, 0) is 6.42 Å². The Labute approximate surface area is 119 Å². The average Bonchev–Trinajstić information content (AvgIpc) is 2.89. The number of hydrogen-bond donors (Lipinski definition) is 2. The van der Waals surface area contributed by atoms with Gasteiger partial charge in [-0.15, -0.1) is 0 Å². The molecule has 0 fully saturated rings. The topological polar surface area (TPSA) is 57.8 Å². The average molecular weight is 271 g/mol. The normalized spacial score (nSPS) is 10.5. The van der Waals surface area contributed by atoms with Crippen LogP contribution in [0.1, 0.15) is 41.4 Å². The van der Waals surface area contributed by atoms with Gasteiger partial charge < -0.3 is 5.32 Å². The Morgan fingerprint density at radius 1 is 1.30 bits per heavy atom. The van der Waals surface area contributed by atoms with Gasteiger partial charge in [-0.25, -0.2) is 0 Å². The highest BCUT2D eigenvalue weighted by Gasteiger charge is 2.02. The molecule has 4 heteroatoms. The largest absolute Gasteiger partial charge is 0.385 e. The fourth-order valence-corrected chi connectivity index (χ4v) is 2.12. The van der Waals surface area contributed by atoms with Crippen molar-refractivity contribution in [2.75, 3.05) is 11.9 Å². The van der Waals surface area contributed by atoms with Gasteiger partial charge >= 0.3 is 0 Å². The molecular formula is C16H21N3O. The van der Waals surface area contributed by atoms with Crippen molar-refractivity contribution in [2.45, 2.75) is 33.1 Å². The van der Waals surface area contributed by atoms with Crippen molar-refractivity contribution in [2.24, 2.45) is 0 Å². The number of carbonyl (C=O) groups excluding carboxylic acids is 1. The molecule has 0 saturated heterocycles. The SMILES string of the molecule is CCC(=O)c1ccc(NCCCc2cn[nH]c2C)cc1. The summed E-state index contributed by atoms with van der Waals surface area (Å²) in [6.45, 7) is 4.83. The summed E-state index contributed by atoms with van der Waals surface area (Å²) in [5, 5.41) is 10.3. The van der Waals surface area contributed by atoms with Crippen LogP contribution in [-0.4, -0.2) is 22.5 Å². The summed E-state index contributed by atoms with van der Waals surface area (Å²) >= 11 is 0. The molecule has 2 N–H and O–H groups in total. The molecule has 0 spiro atoms. The molecule has 106 valence electrons. The van der Waals surface area contributed by atoms with E-state index in [0.29, 0.717) is 6.42 Å². The smallest absolute Gasteiger partial charge is 0.162 e. The minimum absolute atomic E-state index is 0.187. The number of aromatic amines is 1. The van der Waals surface area contributed by atoms with Gasteiger partial charge in [0.2, 0.25) is 0 Å². The van der Waals surface area contributed by atoms with E-state index >= 15 is 0 Å². The molecule has 2 rings (SSSR count). The first-order valence-electron chi connectivity index (χ1n) is 7.06. The predicted molar refractivity (Wildman–Crippen MR) is 81.2 cm³/mol. The van der Waals surface area contributed by atoms with Crippen LogP contribution in [0, 0.1) is 6.92 Å². The summed E-state index contributed by atoms with van der Waals surface area (Å²) in [6.07, 6.45) is 4.51. The molecule has 0 aliphatic carbocycles. The highest BCUT2D eigenvalue weighted by molar-refractivity contribution is 5.96. The monoisotopic (exact) mass is 271 g/mol. The van der Waals surface area contributed by atoms with Crippen LogP contribution in [0.4, 0.5) is 5.69 Å². The van der Waals surface area contributed by atoms with Crippen molar-refractivity contribution in [1.29, 1.82) is 0 Å². The minimum atomic E-state index is 0.187. The fraction of sp³-hybridized carbons (Fsp3) is 0.375. The molecule has 1 aromatic carbocycles. The van der Waals surface area contributed by atoms with Crippen LogP contribution >= 0.6 is 0 Å². The fourth-order valence-electron chi connectivity index (χ4n) is 2.12. The molecule has 0 amide bonds. The number of benzene rings is 1. The van der Waals surface area contributed by atoms with Crippen LogP contribution in [0.15, 0.2) is 30.5 Å². The Morgan fingerprint density at radius 3 is 2.65 bits per heavy atom. The van der Waals surface area contributed by atoms with Crippen LogP contribution in [0.5, 0.6) is 0 Å². The highest BCUT2D eigenvalue weighted by atomic mass is 16.1. The van der Waals surface area contributed by atoms with Crippen molar-refractivity contribution in [3.63, 3.8) is 0 Å². The van der Waals surface area contributed by atoms with E-state index in [2.05, 4.69) is 15.5 Å². The zero-order chi connectivity index (χ0) is 14.4. The molecule has 1 heterocycles. The van der Waals surface area contributed by atoms with Crippen molar-refractivity contribution < 1.29 is 4.79 Å². The van der Waals surface area contributed by atoms with E-state index in [4.69, 9.17) is 0 Å². The van der Waals surface area contributed by atoms with Crippen molar-refractivity contribution in [1.82, 2.24) is 10.2 Å². The van der Waals surface area contributed by atoms with Gasteiger partial charge in [-0.1, -0.05) is 6.92 Å². The van der Waals surface area contributed by atoms with Gasteiger partial charge in [0, 0.05) is 29.9 Å². The van der Waals surface area contributed by atoms with Gasteiger partial charge in [0.25, 0.3) is 0 Å². The van der Waals surface area contributed by atoms with Crippen molar-refractivity contribution in [3.05, 3.63) is 47.3 Å². The molecule has 0 aliphatic rings. The lowest BCUT2D eigenvalue weighted by Gasteiger charge is -2.07. The highest BCUT2D eigenvalue weighted by Crippen LogP contribution is 2.12. The van der Waals surface area contributed by atoms with E-state index in [1.165, 1.54) is 5.56 Å². The molecular weight excluding hydrogens is 250 g/mol. The molecule has 20 heavy (non-hydrogen) atoms. The Morgan fingerprint density at radius 2 is 2.05 bits per heavy atom. The maximum Gasteiger partial charge on any atom is 0.162 e. The third-order valence-electron chi connectivity index (χ3n) is 3.41. The lowest BCUT2D eigenvalue weighted by molar-refractivity contribution is 0.0988.